The van der Waals surface area contributed by atoms with Crippen LogP contribution in [0.15, 0.2) is 65.3 Å². The molecule has 3 aromatic heterocycles. The molecule has 1 N–H and O–H groups in total. The van der Waals surface area contributed by atoms with Crippen molar-refractivity contribution in [3.63, 3.8) is 0 Å². The van der Waals surface area contributed by atoms with Crippen LogP contribution in [0, 0.1) is 5.21 Å². The Morgan fingerprint density at radius 2 is 1.95 bits per heavy atom. The van der Waals surface area contributed by atoms with Crippen LogP contribution in [-0.4, -0.2) is 72.1 Å². The zero-order valence-electron chi connectivity index (χ0n) is 20.7. The molecular formula is C25H23ClN6O5S2. The molecule has 1 saturated heterocycles. The van der Waals surface area contributed by atoms with E-state index in [4.69, 9.17) is 11.6 Å². The number of thiophene rings is 1. The number of fused-ring (bicyclic) bond motifs is 1. The largest absolute Gasteiger partial charge is 0.618 e. The molecule has 0 radical (unpaired) electrons. The van der Waals surface area contributed by atoms with E-state index in [9.17, 15) is 23.2 Å². The highest BCUT2D eigenvalue weighted by atomic mass is 35.5. The van der Waals surface area contributed by atoms with E-state index in [2.05, 4.69) is 15.3 Å². The maximum atomic E-state index is 13.5. The van der Waals surface area contributed by atoms with Crippen LogP contribution in [-0.2, 0) is 14.8 Å². The Morgan fingerprint density at radius 1 is 1.18 bits per heavy atom. The van der Waals surface area contributed by atoms with E-state index in [1.54, 1.807) is 42.5 Å². The summed E-state index contributed by atoms with van der Waals surface area (Å²) >= 11 is 7.18. The number of halogens is 1. The van der Waals surface area contributed by atoms with Crippen molar-refractivity contribution in [2.75, 3.05) is 26.7 Å². The van der Waals surface area contributed by atoms with Crippen LogP contribution >= 0.6 is 22.9 Å². The number of hydrogen-bond acceptors (Lipinski definition) is 8. The lowest BCUT2D eigenvalue weighted by Gasteiger charge is -2.40. The summed E-state index contributed by atoms with van der Waals surface area (Å²) in [4.78, 5) is 35.4. The van der Waals surface area contributed by atoms with Gasteiger partial charge in [-0.1, -0.05) is 17.7 Å². The minimum Gasteiger partial charge on any atom is -0.618 e. The zero-order valence-corrected chi connectivity index (χ0v) is 23.0. The van der Waals surface area contributed by atoms with Gasteiger partial charge in [-0.2, -0.15) is 9.04 Å². The van der Waals surface area contributed by atoms with E-state index < -0.39 is 22.0 Å². The maximum absolute atomic E-state index is 13.5. The lowest BCUT2D eigenvalue weighted by molar-refractivity contribution is -0.593. The number of hydrogen-bond donors (Lipinski definition) is 1. The smallest absolute Gasteiger partial charge is 0.292 e. The van der Waals surface area contributed by atoms with Crippen molar-refractivity contribution in [3.8, 4) is 11.3 Å². The Hall–Kier alpha value is -3.65. The van der Waals surface area contributed by atoms with Gasteiger partial charge in [0.05, 0.1) is 11.6 Å². The third kappa shape index (κ3) is 5.43. The molecule has 14 heteroatoms. The first kappa shape index (κ1) is 26.9. The summed E-state index contributed by atoms with van der Waals surface area (Å²) in [5.74, 6) is -0.993. The van der Waals surface area contributed by atoms with Crippen LogP contribution in [0.5, 0.6) is 0 Å². The quantitative estimate of drug-likeness (QED) is 0.270. The average molecular weight is 587 g/mol. The Morgan fingerprint density at radius 3 is 2.67 bits per heavy atom. The second-order valence-electron chi connectivity index (χ2n) is 8.85. The lowest BCUT2D eigenvalue weighted by atomic mass is 10.1. The fourth-order valence-electron chi connectivity index (χ4n) is 4.39. The normalized spacial score (nSPS) is 16.4. The molecule has 1 aliphatic heterocycles. The third-order valence-corrected chi connectivity index (χ3v) is 10.1. The predicted molar refractivity (Wildman–Crippen MR) is 146 cm³/mol. The average Bonchev–Trinajstić information content (AvgIpc) is 3.37. The van der Waals surface area contributed by atoms with Crippen molar-refractivity contribution >= 4 is 54.9 Å². The highest BCUT2D eigenvalue weighted by Gasteiger charge is 2.38. The minimum absolute atomic E-state index is 0.0333. The van der Waals surface area contributed by atoms with Crippen molar-refractivity contribution in [2.45, 2.75) is 16.7 Å². The van der Waals surface area contributed by atoms with Gasteiger partial charge >= 0.3 is 0 Å². The molecule has 5 rings (SSSR count). The highest BCUT2D eigenvalue weighted by molar-refractivity contribution is 7.91. The van der Waals surface area contributed by atoms with Gasteiger partial charge in [0.1, 0.15) is 4.21 Å². The van der Waals surface area contributed by atoms with Crippen molar-refractivity contribution in [1.29, 1.82) is 0 Å². The van der Waals surface area contributed by atoms with Crippen LogP contribution in [0.1, 0.15) is 17.0 Å². The minimum atomic E-state index is -3.89. The zero-order chi connectivity index (χ0) is 27.7. The van der Waals surface area contributed by atoms with Gasteiger partial charge in [0.25, 0.3) is 15.9 Å². The Bertz CT molecular complexity index is 1660. The number of aromatic nitrogens is 3. The summed E-state index contributed by atoms with van der Waals surface area (Å²) in [6, 6.07) is 10.9. The molecule has 1 unspecified atom stereocenters. The molecule has 39 heavy (non-hydrogen) atoms. The molecule has 0 spiro atoms. The number of benzene rings is 1. The Balaban J connectivity index is 1.39. The second-order valence-corrected chi connectivity index (χ2v) is 12.5. The monoisotopic (exact) mass is 586 g/mol. The lowest BCUT2D eigenvalue weighted by Crippen LogP contribution is -2.57. The van der Waals surface area contributed by atoms with Gasteiger partial charge in [0.2, 0.25) is 17.4 Å². The standard InChI is InChI=1S/C25H23ClN6O5S2/c1-27-22(33)12-19-15-30(39(36,37)23-10-16-5-6-18(26)11-21(16)38-23)8-9-31(19)25(34)24-28-13-17(14-29-24)20-4-2-3-7-32(20)35/h2-7,10-11,13-14,19H,8-9,12,15H2,1H3,(H,27,33). The molecular weight excluding hydrogens is 564 g/mol. The number of nitrogens with one attached hydrogen (secondary N) is 1. The molecule has 0 aliphatic carbocycles. The van der Waals surface area contributed by atoms with E-state index in [1.807, 2.05) is 0 Å². The maximum Gasteiger partial charge on any atom is 0.292 e. The summed E-state index contributed by atoms with van der Waals surface area (Å²) in [6.07, 6.45) is 4.01. The number of sulfonamides is 1. The van der Waals surface area contributed by atoms with Crippen LogP contribution in [0.25, 0.3) is 21.3 Å². The van der Waals surface area contributed by atoms with E-state index >= 15 is 0 Å². The highest BCUT2D eigenvalue weighted by Crippen LogP contribution is 2.33. The number of pyridine rings is 1. The molecule has 4 aromatic rings. The molecule has 0 saturated carbocycles. The van der Waals surface area contributed by atoms with Gasteiger partial charge < -0.3 is 15.4 Å². The first-order chi connectivity index (χ1) is 18.7. The van der Waals surface area contributed by atoms with Gasteiger partial charge in [0.15, 0.2) is 6.20 Å². The van der Waals surface area contributed by atoms with Crippen molar-refractivity contribution in [1.82, 2.24) is 24.5 Å². The number of carbonyl (C=O) groups excluding carboxylic acids is 2. The summed E-state index contributed by atoms with van der Waals surface area (Å²) in [5, 5.41) is 15.8. The van der Waals surface area contributed by atoms with E-state index in [-0.39, 0.29) is 42.0 Å². The number of carbonyl (C=O) groups is 2. The fourth-order valence-corrected chi connectivity index (χ4v) is 7.69. The molecule has 202 valence electrons. The molecule has 11 nitrogen and oxygen atoms in total. The van der Waals surface area contributed by atoms with Gasteiger partial charge in [0, 0.05) is 67.4 Å². The Labute approximate surface area is 233 Å². The second kappa shape index (κ2) is 10.8. The van der Waals surface area contributed by atoms with E-state index in [0.29, 0.717) is 21.0 Å². The molecule has 1 atom stereocenters. The van der Waals surface area contributed by atoms with Crippen LogP contribution in [0.4, 0.5) is 0 Å². The molecule has 1 aliphatic rings. The molecule has 4 heterocycles. The number of amides is 2. The van der Waals surface area contributed by atoms with Gasteiger partial charge in [-0.25, -0.2) is 18.4 Å². The van der Waals surface area contributed by atoms with E-state index in [0.717, 1.165) is 21.4 Å². The van der Waals surface area contributed by atoms with Crippen molar-refractivity contribution in [2.24, 2.45) is 0 Å². The number of rotatable bonds is 6. The first-order valence-corrected chi connectivity index (χ1v) is 14.5. The molecule has 1 fully saturated rings. The van der Waals surface area contributed by atoms with Gasteiger partial charge in [-0.3, -0.25) is 9.59 Å². The number of nitrogens with zero attached hydrogens (tertiary/aromatic N) is 5. The number of piperazine rings is 1. The SMILES string of the molecule is CNC(=O)CC1CN(S(=O)(=O)c2cc3ccc(Cl)cc3s2)CCN1C(=O)c1ncc(-c2cccc[n+]2[O-])cn1. The Kier molecular flexibility index (Phi) is 7.49. The van der Waals surface area contributed by atoms with Gasteiger partial charge in [-0.05, 0) is 29.7 Å². The topological polar surface area (TPSA) is 140 Å². The van der Waals surface area contributed by atoms with Crippen LogP contribution < -0.4 is 10.0 Å². The summed E-state index contributed by atoms with van der Waals surface area (Å²) in [7, 11) is -2.42. The third-order valence-electron chi connectivity index (χ3n) is 6.42. The van der Waals surface area contributed by atoms with E-state index in [1.165, 1.54) is 34.8 Å². The summed E-state index contributed by atoms with van der Waals surface area (Å²) in [6.45, 7) is 0.00117. The van der Waals surface area contributed by atoms with Gasteiger partial charge in [-0.15, -0.1) is 11.3 Å². The van der Waals surface area contributed by atoms with Crippen LogP contribution in [0.2, 0.25) is 5.02 Å². The fraction of sp³-hybridized carbons (Fsp3) is 0.240. The van der Waals surface area contributed by atoms with Crippen molar-refractivity contribution in [3.05, 3.63) is 77.1 Å². The van der Waals surface area contributed by atoms with Crippen molar-refractivity contribution < 1.29 is 22.7 Å². The molecule has 0 bridgehead atoms. The predicted octanol–water partition coefficient (Wildman–Crippen LogP) is 2.30. The van der Waals surface area contributed by atoms with Crippen LogP contribution in [0.3, 0.4) is 0 Å². The first-order valence-electron chi connectivity index (χ1n) is 11.9. The summed E-state index contributed by atoms with van der Waals surface area (Å²) in [5.41, 5.74) is 0.765. The molecule has 1 aromatic carbocycles. The molecule has 2 amide bonds. The summed E-state index contributed by atoms with van der Waals surface area (Å²) < 4.78 is 29.9.